The SMILES string of the molecule is Cc1ccc2n1-c1c(cc(F)c(-c3cccc4[nH]ccc34)c1F)NC2(C)C. The van der Waals surface area contributed by atoms with Gasteiger partial charge in [-0.2, -0.15) is 0 Å². The zero-order valence-corrected chi connectivity index (χ0v) is 15.3. The largest absolute Gasteiger partial charge is 0.373 e. The molecule has 0 spiro atoms. The average molecular weight is 363 g/mol. The molecule has 0 aliphatic carbocycles. The first-order chi connectivity index (χ1) is 12.9. The quantitative estimate of drug-likeness (QED) is 0.435. The van der Waals surface area contributed by atoms with E-state index >= 15 is 8.78 Å². The molecule has 4 aromatic rings. The van der Waals surface area contributed by atoms with Crippen molar-refractivity contribution < 1.29 is 8.78 Å². The van der Waals surface area contributed by atoms with Crippen LogP contribution in [0.2, 0.25) is 0 Å². The van der Waals surface area contributed by atoms with Crippen molar-refractivity contribution in [3.63, 3.8) is 0 Å². The number of benzene rings is 2. The molecule has 2 aromatic heterocycles. The van der Waals surface area contributed by atoms with Gasteiger partial charge < -0.3 is 14.9 Å². The molecule has 3 nitrogen and oxygen atoms in total. The summed E-state index contributed by atoms with van der Waals surface area (Å²) in [5.74, 6) is -1.13. The van der Waals surface area contributed by atoms with E-state index in [0.717, 1.165) is 22.3 Å². The van der Waals surface area contributed by atoms with Crippen molar-refractivity contribution in [1.29, 1.82) is 0 Å². The highest BCUT2D eigenvalue weighted by Gasteiger charge is 2.35. The molecular formula is C22H19F2N3. The molecular weight excluding hydrogens is 344 g/mol. The second kappa shape index (κ2) is 5.22. The summed E-state index contributed by atoms with van der Waals surface area (Å²) in [4.78, 5) is 3.10. The third-order valence-electron chi connectivity index (χ3n) is 5.44. The van der Waals surface area contributed by atoms with Crippen LogP contribution in [0.15, 0.2) is 48.7 Å². The van der Waals surface area contributed by atoms with Crippen molar-refractivity contribution in [3.8, 4) is 16.8 Å². The molecule has 2 aromatic carbocycles. The standard InChI is InChI=1S/C22H19F2N3/c1-12-7-8-18-22(2,3)26-17-11-15(23)19(20(24)21(17)27(12)18)14-5-4-6-16-13(14)9-10-25-16/h4-11,25-26H,1-3H3. The Morgan fingerprint density at radius 2 is 1.85 bits per heavy atom. The van der Waals surface area contributed by atoms with Crippen LogP contribution < -0.4 is 5.32 Å². The minimum atomic E-state index is -0.573. The first-order valence-electron chi connectivity index (χ1n) is 8.94. The van der Waals surface area contributed by atoms with Gasteiger partial charge in [0.25, 0.3) is 0 Å². The van der Waals surface area contributed by atoms with Gasteiger partial charge >= 0.3 is 0 Å². The minimum absolute atomic E-state index is 0.000457. The summed E-state index contributed by atoms with van der Waals surface area (Å²) >= 11 is 0. The van der Waals surface area contributed by atoms with E-state index in [1.54, 1.807) is 18.3 Å². The number of nitrogens with one attached hydrogen (secondary N) is 2. The fourth-order valence-corrected chi connectivity index (χ4v) is 4.20. The van der Waals surface area contributed by atoms with Crippen LogP contribution >= 0.6 is 0 Å². The summed E-state index contributed by atoms with van der Waals surface area (Å²) in [7, 11) is 0. The number of anilines is 1. The molecule has 136 valence electrons. The number of rotatable bonds is 1. The third kappa shape index (κ3) is 2.11. The summed E-state index contributed by atoms with van der Waals surface area (Å²) < 4.78 is 32.8. The van der Waals surface area contributed by atoms with Gasteiger partial charge in [0.1, 0.15) is 11.5 Å². The van der Waals surface area contributed by atoms with E-state index < -0.39 is 17.2 Å². The zero-order chi connectivity index (χ0) is 18.9. The number of nitrogens with zero attached hydrogens (tertiary/aromatic N) is 1. The molecule has 0 bridgehead atoms. The van der Waals surface area contributed by atoms with Crippen molar-refractivity contribution >= 4 is 16.6 Å². The van der Waals surface area contributed by atoms with E-state index in [4.69, 9.17) is 0 Å². The van der Waals surface area contributed by atoms with Crippen molar-refractivity contribution in [2.45, 2.75) is 26.3 Å². The number of aromatic nitrogens is 2. The Morgan fingerprint density at radius 3 is 2.67 bits per heavy atom. The van der Waals surface area contributed by atoms with Gasteiger partial charge in [-0.3, -0.25) is 0 Å². The predicted molar refractivity (Wildman–Crippen MR) is 104 cm³/mol. The number of halogens is 2. The van der Waals surface area contributed by atoms with Crippen LogP contribution in [0, 0.1) is 18.6 Å². The number of hydrogen-bond donors (Lipinski definition) is 2. The molecule has 27 heavy (non-hydrogen) atoms. The molecule has 0 radical (unpaired) electrons. The molecule has 3 heterocycles. The number of H-pyrrole nitrogens is 1. The van der Waals surface area contributed by atoms with E-state index in [2.05, 4.69) is 10.3 Å². The van der Waals surface area contributed by atoms with E-state index in [9.17, 15) is 0 Å². The Labute approximate surface area is 155 Å². The summed E-state index contributed by atoms with van der Waals surface area (Å²) in [6.07, 6.45) is 1.78. The van der Waals surface area contributed by atoms with Gasteiger partial charge in [0.15, 0.2) is 5.82 Å². The first-order valence-corrected chi connectivity index (χ1v) is 8.94. The smallest absolute Gasteiger partial charge is 0.160 e. The lowest BCUT2D eigenvalue weighted by atomic mass is 9.94. The Hall–Kier alpha value is -3.08. The van der Waals surface area contributed by atoms with Gasteiger partial charge in [-0.15, -0.1) is 0 Å². The molecule has 0 amide bonds. The molecule has 1 aliphatic heterocycles. The van der Waals surface area contributed by atoms with Crippen LogP contribution in [0.3, 0.4) is 0 Å². The van der Waals surface area contributed by atoms with Crippen molar-refractivity contribution in [2.24, 2.45) is 0 Å². The number of aryl methyl sites for hydroxylation is 1. The second-order valence-corrected chi connectivity index (χ2v) is 7.63. The third-order valence-corrected chi connectivity index (χ3v) is 5.44. The van der Waals surface area contributed by atoms with Gasteiger partial charge in [0.05, 0.1) is 16.8 Å². The van der Waals surface area contributed by atoms with Crippen LogP contribution in [0.5, 0.6) is 0 Å². The maximum atomic E-state index is 15.8. The normalized spacial score (nSPS) is 14.7. The van der Waals surface area contributed by atoms with Crippen molar-refractivity contribution in [2.75, 3.05) is 5.32 Å². The predicted octanol–water partition coefficient (Wildman–Crippen LogP) is 5.87. The maximum Gasteiger partial charge on any atom is 0.160 e. The van der Waals surface area contributed by atoms with Crippen molar-refractivity contribution in [3.05, 3.63) is 71.7 Å². The highest BCUT2D eigenvalue weighted by atomic mass is 19.1. The molecule has 5 rings (SSSR count). The summed E-state index contributed by atoms with van der Waals surface area (Å²) in [5, 5.41) is 4.09. The molecule has 0 unspecified atom stereocenters. The van der Waals surface area contributed by atoms with Gasteiger partial charge in [-0.25, -0.2) is 8.78 Å². The lowest BCUT2D eigenvalue weighted by molar-refractivity contribution is 0.532. The molecule has 0 saturated carbocycles. The monoisotopic (exact) mass is 363 g/mol. The van der Waals surface area contributed by atoms with E-state index in [-0.39, 0.29) is 5.56 Å². The van der Waals surface area contributed by atoms with E-state index in [1.807, 2.05) is 49.6 Å². The number of fused-ring (bicyclic) bond motifs is 4. The Bertz CT molecular complexity index is 1210. The summed E-state index contributed by atoms with van der Waals surface area (Å²) in [5.41, 5.74) is 3.66. The van der Waals surface area contributed by atoms with Crippen LogP contribution in [0.25, 0.3) is 27.7 Å². The Balaban J connectivity index is 1.87. The van der Waals surface area contributed by atoms with Crippen LogP contribution in [-0.2, 0) is 5.54 Å². The Morgan fingerprint density at radius 1 is 1.04 bits per heavy atom. The lowest BCUT2D eigenvalue weighted by Gasteiger charge is -2.36. The zero-order valence-electron chi connectivity index (χ0n) is 15.3. The number of hydrogen-bond acceptors (Lipinski definition) is 1. The minimum Gasteiger partial charge on any atom is -0.373 e. The summed E-state index contributed by atoms with van der Waals surface area (Å²) in [6, 6.07) is 12.7. The fraction of sp³-hybridized carbons (Fsp3) is 0.182. The van der Waals surface area contributed by atoms with E-state index in [1.165, 1.54) is 6.07 Å². The summed E-state index contributed by atoms with van der Waals surface area (Å²) in [6.45, 7) is 5.95. The molecule has 5 heteroatoms. The molecule has 0 fully saturated rings. The lowest BCUT2D eigenvalue weighted by Crippen LogP contribution is -2.35. The van der Waals surface area contributed by atoms with Crippen molar-refractivity contribution in [1.82, 2.24) is 9.55 Å². The first kappa shape index (κ1) is 16.1. The highest BCUT2D eigenvalue weighted by molar-refractivity contribution is 5.96. The van der Waals surface area contributed by atoms with E-state index in [0.29, 0.717) is 16.9 Å². The van der Waals surface area contributed by atoms with Gasteiger partial charge in [0, 0.05) is 28.5 Å². The fourth-order valence-electron chi connectivity index (χ4n) is 4.20. The number of aromatic amines is 1. The van der Waals surface area contributed by atoms with Crippen LogP contribution in [0.1, 0.15) is 25.2 Å². The molecule has 2 N–H and O–H groups in total. The van der Waals surface area contributed by atoms with Crippen LogP contribution in [0.4, 0.5) is 14.5 Å². The molecule has 0 saturated heterocycles. The van der Waals surface area contributed by atoms with Gasteiger partial charge in [0.2, 0.25) is 0 Å². The van der Waals surface area contributed by atoms with Crippen LogP contribution in [-0.4, -0.2) is 9.55 Å². The maximum absolute atomic E-state index is 15.8. The average Bonchev–Trinajstić information content (AvgIpc) is 3.22. The second-order valence-electron chi connectivity index (χ2n) is 7.63. The van der Waals surface area contributed by atoms with Gasteiger partial charge in [-0.1, -0.05) is 12.1 Å². The highest BCUT2D eigenvalue weighted by Crippen LogP contribution is 2.44. The topological polar surface area (TPSA) is 32.8 Å². The Kier molecular flexibility index (Phi) is 3.12. The molecule has 0 atom stereocenters. The molecule has 1 aliphatic rings. The van der Waals surface area contributed by atoms with Gasteiger partial charge in [-0.05, 0) is 56.7 Å².